The van der Waals surface area contributed by atoms with Crippen LogP contribution in [0.3, 0.4) is 0 Å². The zero-order valence-corrected chi connectivity index (χ0v) is 89.6. The van der Waals surface area contributed by atoms with Gasteiger partial charge in [0.2, 0.25) is 13.7 Å². The lowest BCUT2D eigenvalue weighted by atomic mass is 9.81. The molecule has 8 aliphatic carbocycles. The van der Waals surface area contributed by atoms with Crippen molar-refractivity contribution >= 4 is 21.5 Å². The quantitative estimate of drug-likeness (QED) is 0.135. The molecule has 0 aromatic heterocycles. The van der Waals surface area contributed by atoms with Crippen molar-refractivity contribution in [2.75, 3.05) is 13.7 Å². The number of benzene rings is 12. The average Bonchev–Trinajstić information content (AvgIpc) is 0.798. The van der Waals surface area contributed by atoms with Gasteiger partial charge in [0.05, 0.1) is 5.56 Å². The summed E-state index contributed by atoms with van der Waals surface area (Å²) in [6.07, 6.45) is 12.8. The summed E-state index contributed by atoms with van der Waals surface area (Å²) in [6.45, 7) is 35.8. The minimum atomic E-state index is -4.61. The Morgan fingerprint density at radius 1 is 0.293 bits per heavy atom. The molecule has 0 heterocycles. The Morgan fingerprint density at radius 3 is 1.13 bits per heavy atom. The molecule has 0 amide bonds. The Bertz CT molecular complexity index is 6350. The summed E-state index contributed by atoms with van der Waals surface area (Å²) in [5.41, 5.74) is 29.8. The van der Waals surface area contributed by atoms with Gasteiger partial charge in [-0.1, -0.05) is 186 Å². The van der Waals surface area contributed by atoms with Crippen molar-refractivity contribution < 1.29 is 89.2 Å². The Balaban J connectivity index is 0.000000155. The van der Waals surface area contributed by atoms with Gasteiger partial charge >= 0.3 is 19.2 Å². The maximum absolute atomic E-state index is 13.5. The van der Waals surface area contributed by atoms with Crippen LogP contribution in [-0.4, -0.2) is 26.7 Å². The van der Waals surface area contributed by atoms with E-state index in [1.807, 2.05) is 141 Å². The third-order valence-electron chi connectivity index (χ3n) is 29.6. The van der Waals surface area contributed by atoms with Gasteiger partial charge in [-0.05, 0) is 489 Å². The molecule has 0 N–H and O–H groups in total. The molecule has 0 spiro atoms. The normalized spacial score (nSPS) is 18.6. The summed E-state index contributed by atoms with van der Waals surface area (Å²) in [5, 5.41) is 3.77. The second-order valence-electron chi connectivity index (χ2n) is 43.5. The summed E-state index contributed by atoms with van der Waals surface area (Å²) < 4.78 is 222. The number of aryl methyl sites for hydroxylation is 19. The maximum atomic E-state index is 13.5. The average molecular weight is 2040 g/mol. The summed E-state index contributed by atoms with van der Waals surface area (Å²) in [5.74, 6) is 6.34. The lowest BCUT2D eigenvalue weighted by Crippen LogP contribution is -2.21. The molecule has 20 rings (SSSR count). The fourth-order valence-electron chi connectivity index (χ4n) is 22.0. The van der Waals surface area contributed by atoms with Crippen LogP contribution >= 0.6 is 0 Å². The van der Waals surface area contributed by atoms with Gasteiger partial charge in [0.15, 0.2) is 0 Å². The fraction of sp³-hybridized carbons (Fsp3) is 0.465. The Morgan fingerprint density at radius 2 is 0.660 bits per heavy atom. The van der Waals surface area contributed by atoms with Crippen molar-refractivity contribution in [1.82, 2.24) is 0 Å². The molecule has 20 heteroatoms. The molecular weight excluding hydrogens is 1890 g/mol. The lowest BCUT2D eigenvalue weighted by molar-refractivity contribution is -0.275. The number of hydrogen-bond acceptors (Lipinski definition) is 4. The van der Waals surface area contributed by atoms with Crippen molar-refractivity contribution in [3.8, 4) is 23.0 Å². The first-order valence-corrected chi connectivity index (χ1v) is 52.4. The molecule has 147 heavy (non-hydrogen) atoms. The third kappa shape index (κ3) is 33.6. The zero-order chi connectivity index (χ0) is 107. The van der Waals surface area contributed by atoms with E-state index in [2.05, 4.69) is 101 Å². The van der Waals surface area contributed by atoms with E-state index in [0.717, 1.165) is 238 Å². The van der Waals surface area contributed by atoms with Crippen LogP contribution in [0.15, 0.2) is 158 Å². The van der Waals surface area contributed by atoms with E-state index >= 15 is 0 Å². The van der Waals surface area contributed by atoms with E-state index in [4.69, 9.17) is 9.47 Å². The van der Waals surface area contributed by atoms with Gasteiger partial charge in [-0.2, -0.15) is 22.0 Å². The topological polar surface area (TPSA) is 36.9 Å². The first-order chi connectivity index (χ1) is 69.5. The lowest BCUT2D eigenvalue weighted by Gasteiger charge is -2.25. The van der Waals surface area contributed by atoms with Gasteiger partial charge in [0.25, 0.3) is 6.43 Å². The van der Waals surface area contributed by atoms with E-state index in [1.54, 1.807) is 57.2 Å². The predicted octanol–water partition coefficient (Wildman–Crippen LogP) is 36.8. The number of ether oxygens (including phenoxy) is 4. The predicted molar refractivity (Wildman–Crippen MR) is 567 cm³/mol. The molecule has 0 saturated heterocycles. The second-order valence-corrected chi connectivity index (χ2v) is 43.5. The molecular formula is C127H150F16O4. The molecule has 12 aromatic rings. The van der Waals surface area contributed by atoms with Crippen LogP contribution in [0, 0.1) is 148 Å². The van der Waals surface area contributed by atoms with E-state index in [-0.39, 0.29) is 35.4 Å². The summed E-state index contributed by atoms with van der Waals surface area (Å²) in [7, 11) is 0. The van der Waals surface area contributed by atoms with Crippen LogP contribution in [-0.2, 0) is 116 Å². The Kier molecular flexibility index (Phi) is 42.1. The van der Waals surface area contributed by atoms with Crippen molar-refractivity contribution in [2.24, 2.45) is 47.3 Å². The Hall–Kier alpha value is -10.8. The molecule has 0 radical (unpaired) electrons. The SMILES string of the molecule is Cc1cc(CF)c2c(c1)CCC(C)C2.Cc1cc(F)c2c(c1)CCC(C)C2.Cc1cc(F)c2cc(C)ccc2c1.Cc1cc2c(c(C(F)(F)F)c1)CC(C)CC2.Cc1cc2c(c(C(F)F)c1)CC(C)CC2.Cc1cc2c(c(OC(F)F)c1)CC(C)CC2.Cc1cc2c(c(OCF)c1)CC(C)CC2.Cc1cc2c(c(OCF)c1)CC(C)CC2.Cc1ccc2c(c1OC(F)(F)F)CCC(C)C2.Cc1ccc2cc(C)c(F)cc2c1. The highest BCUT2D eigenvalue weighted by molar-refractivity contribution is 5.85. The molecule has 12 aromatic carbocycles. The third-order valence-corrected chi connectivity index (χ3v) is 29.6. The number of fused-ring (bicyclic) bond motifs is 10. The number of rotatable bonds is 9. The van der Waals surface area contributed by atoms with Crippen LogP contribution in [0.2, 0.25) is 0 Å². The second kappa shape index (κ2) is 53.1. The largest absolute Gasteiger partial charge is 0.573 e. The number of halogens is 16. The van der Waals surface area contributed by atoms with E-state index < -0.39 is 44.9 Å². The minimum absolute atomic E-state index is 0.00144. The van der Waals surface area contributed by atoms with Gasteiger partial charge in [-0.25, -0.2) is 35.1 Å². The van der Waals surface area contributed by atoms with Crippen molar-refractivity contribution in [2.45, 2.75) is 325 Å². The smallest absolute Gasteiger partial charge is 0.463 e. The van der Waals surface area contributed by atoms with Gasteiger partial charge in [0.1, 0.15) is 47.1 Å². The maximum Gasteiger partial charge on any atom is 0.573 e. The van der Waals surface area contributed by atoms with Gasteiger partial charge in [-0.3, -0.25) is 0 Å². The van der Waals surface area contributed by atoms with Crippen LogP contribution in [0.1, 0.15) is 286 Å². The minimum Gasteiger partial charge on any atom is -0.463 e. The molecule has 8 atom stereocenters. The van der Waals surface area contributed by atoms with Crippen molar-refractivity contribution in [3.05, 3.63) is 348 Å². The zero-order valence-electron chi connectivity index (χ0n) is 89.6. The van der Waals surface area contributed by atoms with E-state index in [9.17, 15) is 70.2 Å². The molecule has 0 aliphatic heterocycles. The highest BCUT2D eigenvalue weighted by atomic mass is 19.4. The molecule has 8 aliphatic rings. The summed E-state index contributed by atoms with van der Waals surface area (Å²) >= 11 is 0. The molecule has 794 valence electrons. The number of hydrogen-bond donors (Lipinski definition) is 0. The van der Waals surface area contributed by atoms with Crippen LogP contribution in [0.25, 0.3) is 21.5 Å². The van der Waals surface area contributed by atoms with Gasteiger partial charge in [-0.15, -0.1) is 13.2 Å². The van der Waals surface area contributed by atoms with Gasteiger partial charge in [0, 0.05) is 10.9 Å². The first-order valence-electron chi connectivity index (χ1n) is 52.4. The summed E-state index contributed by atoms with van der Waals surface area (Å²) in [6, 6.07) is 49.5. The van der Waals surface area contributed by atoms with Crippen LogP contribution in [0.5, 0.6) is 23.0 Å². The van der Waals surface area contributed by atoms with Crippen molar-refractivity contribution in [1.29, 1.82) is 0 Å². The molecule has 4 nitrogen and oxygen atoms in total. The monoisotopic (exact) mass is 2040 g/mol. The first kappa shape index (κ1) is 117. The highest BCUT2D eigenvalue weighted by Crippen LogP contribution is 2.44. The molecule has 0 bridgehead atoms. The van der Waals surface area contributed by atoms with Crippen LogP contribution < -0.4 is 18.9 Å². The fourth-order valence-corrected chi connectivity index (χ4v) is 22.0. The van der Waals surface area contributed by atoms with E-state index in [0.29, 0.717) is 87.7 Å². The summed E-state index contributed by atoms with van der Waals surface area (Å²) in [4.78, 5) is 0. The molecule has 0 saturated carbocycles. The van der Waals surface area contributed by atoms with Crippen molar-refractivity contribution in [3.63, 3.8) is 0 Å². The standard InChI is InChI=1S/C13H15F3O.C13H15F3.C13H16F2O.C13H16F2.2C13H17FO.C13H17F.C12H15F.2C12H11F/c1-8-3-6-11-10(7-8)5-4-9(2)12(11)17-13(14,15)16;1-8-3-4-10-5-9(2)7-12(11(10)6-8)13(14,15)16;1-8-3-4-10-5-9(2)7-12(11(10)6-8)16-13(14)15;1-8-3-4-10-5-9(2)7-12(13(14)15)11(10)6-8;2*1-9-3-4-11-5-10(2)7-13(15-8-14)12(11)6-9;1-9-3-4-11-5-10(2)6-12(8-14)13(11)7-9;2*1-8-3-4-10-5-9(2)7-12(13)11(10)6-8;1-8-3-4-10-6-9(2)12(13)7-11(10)5-8/h4-5,8H,3,6-7H2,1-2H3;5,7-8H,3-4,6H2,1-2H3;5,7-8,13H,3-4,6H2,1-2H3;5,7-8,13H,3-4,6H2,1-2H3;2*5,7,9H,3-4,6,8H2,1-2H3;5-6,9H,3-4,7-8H2,1-2H3;5,7-8H,3-4,6H2,1-2H3;2*3-7H,1-2H3. The number of alkyl halides is 13. The molecule has 8 unspecified atom stereocenters. The highest BCUT2D eigenvalue weighted by Gasteiger charge is 2.38. The Labute approximate surface area is 862 Å². The molecule has 0 fully saturated rings. The van der Waals surface area contributed by atoms with E-state index in [1.165, 1.54) is 81.8 Å². The van der Waals surface area contributed by atoms with Crippen LogP contribution in [0.4, 0.5) is 70.2 Å². The van der Waals surface area contributed by atoms with Gasteiger partial charge < -0.3 is 18.9 Å².